The lowest BCUT2D eigenvalue weighted by Crippen LogP contribution is -2.45. The zero-order valence-electron chi connectivity index (χ0n) is 10.2. The molecule has 2 N–H and O–H groups in total. The largest absolute Gasteiger partial charge is 0.379 e. The molecule has 0 spiro atoms. The molecular formula is C11H18N4O2. The summed E-state index contributed by atoms with van der Waals surface area (Å²) in [6, 6.07) is -0.229. The number of aromatic nitrogens is 3. The fourth-order valence-electron chi connectivity index (χ4n) is 2.01. The maximum Gasteiger partial charge on any atom is 0.150 e. The fraction of sp³-hybridized carbons (Fsp3) is 0.727. The van der Waals surface area contributed by atoms with Crippen LogP contribution in [0.25, 0.3) is 0 Å². The monoisotopic (exact) mass is 238 g/mol. The molecule has 6 heteroatoms. The van der Waals surface area contributed by atoms with Crippen molar-refractivity contribution < 1.29 is 9.53 Å². The first-order chi connectivity index (χ1) is 8.08. The van der Waals surface area contributed by atoms with Gasteiger partial charge < -0.3 is 10.5 Å². The number of hydrogen-bond acceptors (Lipinski definition) is 5. The second-order valence-electron chi connectivity index (χ2n) is 4.63. The van der Waals surface area contributed by atoms with Gasteiger partial charge in [-0.3, -0.25) is 4.79 Å². The topological polar surface area (TPSA) is 83.0 Å². The Kier molecular flexibility index (Phi) is 3.26. The van der Waals surface area contributed by atoms with Crippen LogP contribution in [-0.2, 0) is 22.5 Å². The quantitative estimate of drug-likeness (QED) is 0.783. The third kappa shape index (κ3) is 2.10. The summed E-state index contributed by atoms with van der Waals surface area (Å²) in [5, 5.41) is 4.05. The molecular weight excluding hydrogens is 220 g/mol. The highest BCUT2D eigenvalue weighted by molar-refractivity contribution is 5.87. The van der Waals surface area contributed by atoms with Gasteiger partial charge in [0.1, 0.15) is 17.9 Å². The van der Waals surface area contributed by atoms with Crippen LogP contribution in [0.5, 0.6) is 0 Å². The van der Waals surface area contributed by atoms with Crippen molar-refractivity contribution in [3.8, 4) is 0 Å². The van der Waals surface area contributed by atoms with Gasteiger partial charge >= 0.3 is 0 Å². The molecule has 0 amide bonds. The lowest BCUT2D eigenvalue weighted by molar-refractivity contribution is -0.127. The molecule has 0 saturated carbocycles. The molecule has 1 saturated heterocycles. The van der Waals surface area contributed by atoms with E-state index in [2.05, 4.69) is 10.1 Å². The Labute approximate surface area is 100 Å². The maximum atomic E-state index is 12.3. The number of carbonyl (C=O) groups excluding carboxylic acids is 1. The Bertz CT molecular complexity index is 417. The van der Waals surface area contributed by atoms with Crippen molar-refractivity contribution in [2.75, 3.05) is 13.2 Å². The SMILES string of the molecule is CCn1ncnc1CC(=O)C1(C)COCC1N. The fourth-order valence-corrected chi connectivity index (χ4v) is 2.01. The van der Waals surface area contributed by atoms with Crippen molar-refractivity contribution in [3.05, 3.63) is 12.2 Å². The van der Waals surface area contributed by atoms with E-state index in [1.54, 1.807) is 4.68 Å². The molecule has 0 aliphatic carbocycles. The lowest BCUT2D eigenvalue weighted by Gasteiger charge is -2.24. The van der Waals surface area contributed by atoms with Crippen LogP contribution < -0.4 is 5.73 Å². The van der Waals surface area contributed by atoms with E-state index in [1.165, 1.54) is 6.33 Å². The summed E-state index contributed by atoms with van der Waals surface area (Å²) in [5.74, 6) is 0.767. The van der Waals surface area contributed by atoms with E-state index in [4.69, 9.17) is 10.5 Å². The number of rotatable bonds is 4. The molecule has 2 rings (SSSR count). The third-order valence-corrected chi connectivity index (χ3v) is 3.47. The molecule has 0 bridgehead atoms. The van der Waals surface area contributed by atoms with Crippen LogP contribution in [0.1, 0.15) is 19.7 Å². The number of ether oxygens (including phenoxy) is 1. The summed E-state index contributed by atoms with van der Waals surface area (Å²) in [4.78, 5) is 16.4. The molecule has 1 aliphatic rings. The number of Topliss-reactive ketones (excluding diaryl/α,β-unsaturated/α-hetero) is 1. The van der Waals surface area contributed by atoms with Crippen LogP contribution in [0, 0.1) is 5.41 Å². The highest BCUT2D eigenvalue weighted by atomic mass is 16.5. The summed E-state index contributed by atoms with van der Waals surface area (Å²) >= 11 is 0. The van der Waals surface area contributed by atoms with Gasteiger partial charge in [-0.05, 0) is 13.8 Å². The van der Waals surface area contributed by atoms with Crippen LogP contribution in [0.15, 0.2) is 6.33 Å². The summed E-state index contributed by atoms with van der Waals surface area (Å²) in [5.41, 5.74) is 5.33. The van der Waals surface area contributed by atoms with Gasteiger partial charge in [0, 0.05) is 12.6 Å². The number of carbonyl (C=O) groups is 1. The minimum absolute atomic E-state index is 0.0743. The Hall–Kier alpha value is -1.27. The summed E-state index contributed by atoms with van der Waals surface area (Å²) in [6.07, 6.45) is 1.74. The molecule has 0 radical (unpaired) electrons. The van der Waals surface area contributed by atoms with Crippen LogP contribution in [0.3, 0.4) is 0 Å². The Morgan fingerprint density at radius 3 is 3.12 bits per heavy atom. The normalized spacial score (nSPS) is 28.5. The molecule has 94 valence electrons. The van der Waals surface area contributed by atoms with E-state index < -0.39 is 5.41 Å². The van der Waals surface area contributed by atoms with Gasteiger partial charge in [0.2, 0.25) is 0 Å². The third-order valence-electron chi connectivity index (χ3n) is 3.47. The van der Waals surface area contributed by atoms with Crippen molar-refractivity contribution in [2.45, 2.75) is 32.9 Å². The molecule has 1 fully saturated rings. The number of hydrogen-bond donors (Lipinski definition) is 1. The lowest BCUT2D eigenvalue weighted by atomic mass is 9.80. The summed E-state index contributed by atoms with van der Waals surface area (Å²) in [6.45, 7) is 5.38. The van der Waals surface area contributed by atoms with Crippen molar-refractivity contribution in [1.82, 2.24) is 14.8 Å². The van der Waals surface area contributed by atoms with Crippen LogP contribution >= 0.6 is 0 Å². The molecule has 1 aromatic rings. The number of aryl methyl sites for hydroxylation is 1. The Balaban J connectivity index is 2.12. The second kappa shape index (κ2) is 4.54. The van der Waals surface area contributed by atoms with E-state index in [0.29, 0.717) is 25.6 Å². The average molecular weight is 238 g/mol. The van der Waals surface area contributed by atoms with Crippen molar-refractivity contribution in [1.29, 1.82) is 0 Å². The minimum atomic E-state index is -0.593. The molecule has 1 aromatic heterocycles. The van der Waals surface area contributed by atoms with E-state index in [9.17, 15) is 4.79 Å². The number of nitrogens with zero attached hydrogens (tertiary/aromatic N) is 3. The first-order valence-corrected chi connectivity index (χ1v) is 5.81. The highest BCUT2D eigenvalue weighted by Crippen LogP contribution is 2.29. The minimum Gasteiger partial charge on any atom is -0.379 e. The van der Waals surface area contributed by atoms with Gasteiger partial charge in [-0.15, -0.1) is 0 Å². The molecule has 1 aliphatic heterocycles. The molecule has 6 nitrogen and oxygen atoms in total. The molecule has 0 aromatic carbocycles. The van der Waals surface area contributed by atoms with Gasteiger partial charge in [-0.25, -0.2) is 9.67 Å². The zero-order chi connectivity index (χ0) is 12.5. The predicted octanol–water partition coefficient (Wildman–Crippen LogP) is -0.227. The first kappa shape index (κ1) is 12.2. The van der Waals surface area contributed by atoms with Crippen molar-refractivity contribution >= 4 is 5.78 Å². The standard InChI is InChI=1S/C11H18N4O2/c1-3-15-10(13-7-14-15)4-9(16)11(2)6-17-5-8(11)12/h7-8H,3-6,12H2,1-2H3. The van der Waals surface area contributed by atoms with Gasteiger partial charge in [0.05, 0.1) is 25.0 Å². The van der Waals surface area contributed by atoms with Crippen LogP contribution in [0.4, 0.5) is 0 Å². The van der Waals surface area contributed by atoms with Crippen LogP contribution in [-0.4, -0.2) is 39.8 Å². The van der Waals surface area contributed by atoms with Gasteiger partial charge in [-0.2, -0.15) is 5.10 Å². The number of nitrogens with two attached hydrogens (primary N) is 1. The highest BCUT2D eigenvalue weighted by Gasteiger charge is 2.44. The van der Waals surface area contributed by atoms with Gasteiger partial charge in [-0.1, -0.05) is 0 Å². The molecule has 2 heterocycles. The number of ketones is 1. The van der Waals surface area contributed by atoms with Crippen LogP contribution in [0.2, 0.25) is 0 Å². The smallest absolute Gasteiger partial charge is 0.150 e. The second-order valence-corrected chi connectivity index (χ2v) is 4.63. The maximum absolute atomic E-state index is 12.3. The van der Waals surface area contributed by atoms with E-state index in [-0.39, 0.29) is 18.2 Å². The predicted molar refractivity (Wildman–Crippen MR) is 61.3 cm³/mol. The van der Waals surface area contributed by atoms with E-state index >= 15 is 0 Å². The Morgan fingerprint density at radius 1 is 1.76 bits per heavy atom. The van der Waals surface area contributed by atoms with E-state index in [1.807, 2.05) is 13.8 Å². The summed E-state index contributed by atoms with van der Waals surface area (Å²) < 4.78 is 7.01. The summed E-state index contributed by atoms with van der Waals surface area (Å²) in [7, 11) is 0. The van der Waals surface area contributed by atoms with Crippen molar-refractivity contribution in [3.63, 3.8) is 0 Å². The van der Waals surface area contributed by atoms with Crippen molar-refractivity contribution in [2.24, 2.45) is 11.1 Å². The van der Waals surface area contributed by atoms with E-state index in [0.717, 1.165) is 0 Å². The average Bonchev–Trinajstić information content (AvgIpc) is 2.87. The molecule has 2 unspecified atom stereocenters. The molecule has 2 atom stereocenters. The Morgan fingerprint density at radius 2 is 2.53 bits per heavy atom. The first-order valence-electron chi connectivity index (χ1n) is 5.81. The van der Waals surface area contributed by atoms with Gasteiger partial charge in [0.15, 0.2) is 0 Å². The zero-order valence-corrected chi connectivity index (χ0v) is 10.2. The van der Waals surface area contributed by atoms with Gasteiger partial charge in [0.25, 0.3) is 0 Å². The molecule has 17 heavy (non-hydrogen) atoms.